The van der Waals surface area contributed by atoms with Crippen LogP contribution >= 0.6 is 7.82 Å². The minimum Gasteiger partial charge on any atom is -0.460 e. The van der Waals surface area contributed by atoms with Crippen LogP contribution in [0.1, 0.15) is 13.8 Å². The zero-order chi connectivity index (χ0) is 11.2. The molecule has 6 nitrogen and oxygen atoms in total. The van der Waals surface area contributed by atoms with Crippen LogP contribution in [0.2, 0.25) is 0 Å². The lowest BCUT2D eigenvalue weighted by molar-refractivity contribution is -0.140. The average molecular weight is 224 g/mol. The summed E-state index contributed by atoms with van der Waals surface area (Å²) in [5.74, 6) is -0.575. The van der Waals surface area contributed by atoms with Gasteiger partial charge in [0.2, 0.25) is 0 Å². The van der Waals surface area contributed by atoms with Crippen molar-refractivity contribution in [3.8, 4) is 0 Å². The Labute approximate surface area is 81.8 Å². The fraction of sp³-hybridized carbons (Fsp3) is 0.571. The van der Waals surface area contributed by atoms with Crippen LogP contribution < -0.4 is 0 Å². The van der Waals surface area contributed by atoms with Crippen molar-refractivity contribution in [1.82, 2.24) is 0 Å². The number of rotatable bonds is 5. The zero-order valence-electron chi connectivity index (χ0n) is 7.91. The van der Waals surface area contributed by atoms with Gasteiger partial charge in [-0.2, -0.15) is 0 Å². The van der Waals surface area contributed by atoms with E-state index in [1.165, 1.54) is 19.1 Å². The summed E-state index contributed by atoms with van der Waals surface area (Å²) < 4.78 is 19.2. The van der Waals surface area contributed by atoms with Crippen LogP contribution in [0.15, 0.2) is 12.2 Å². The summed E-state index contributed by atoms with van der Waals surface area (Å²) in [5, 5.41) is 0. The fourth-order valence-corrected chi connectivity index (χ4v) is 1.18. The first-order chi connectivity index (χ1) is 6.35. The Morgan fingerprint density at radius 1 is 1.57 bits per heavy atom. The second-order valence-electron chi connectivity index (χ2n) is 2.54. The predicted molar refractivity (Wildman–Crippen MR) is 48.4 cm³/mol. The number of hydrogen-bond donors (Lipinski definition) is 2. The molecule has 0 saturated carbocycles. The van der Waals surface area contributed by atoms with Gasteiger partial charge in [0, 0.05) is 6.08 Å². The van der Waals surface area contributed by atoms with Crippen LogP contribution in [-0.2, 0) is 18.6 Å². The van der Waals surface area contributed by atoms with Gasteiger partial charge in [0.25, 0.3) is 0 Å². The van der Waals surface area contributed by atoms with Crippen molar-refractivity contribution in [2.45, 2.75) is 20.0 Å². The molecule has 0 amide bonds. The molecule has 0 aromatic carbocycles. The van der Waals surface area contributed by atoms with Crippen molar-refractivity contribution in [2.75, 3.05) is 6.61 Å². The van der Waals surface area contributed by atoms with Crippen molar-refractivity contribution in [3.63, 3.8) is 0 Å². The fourth-order valence-electron chi connectivity index (χ4n) is 0.649. The molecule has 1 unspecified atom stereocenters. The van der Waals surface area contributed by atoms with Gasteiger partial charge in [0.1, 0.15) is 12.7 Å². The molecule has 7 heteroatoms. The molecular formula is C7H13O6P. The number of carbonyl (C=O) groups is 1. The molecule has 0 aliphatic heterocycles. The maximum absolute atomic E-state index is 10.8. The summed E-state index contributed by atoms with van der Waals surface area (Å²) in [6.07, 6.45) is 1.85. The first-order valence-corrected chi connectivity index (χ1v) is 5.41. The van der Waals surface area contributed by atoms with E-state index in [0.717, 1.165) is 0 Å². The summed E-state index contributed by atoms with van der Waals surface area (Å²) in [6.45, 7) is 2.84. The van der Waals surface area contributed by atoms with Crippen molar-refractivity contribution in [2.24, 2.45) is 0 Å². The standard InChI is InChI=1S/C7H13O6P/c1-3-4-7(8)12-5-6(2)13-14(9,10)11/h3-4,6H,5H2,1-2H3,(H2,9,10,11). The monoisotopic (exact) mass is 224 g/mol. The molecule has 0 saturated heterocycles. The summed E-state index contributed by atoms with van der Waals surface area (Å²) in [7, 11) is -4.51. The molecule has 82 valence electrons. The lowest BCUT2D eigenvalue weighted by Gasteiger charge is -2.12. The van der Waals surface area contributed by atoms with Gasteiger partial charge in [-0.1, -0.05) is 6.08 Å². The topological polar surface area (TPSA) is 93.1 Å². The maximum atomic E-state index is 10.8. The van der Waals surface area contributed by atoms with Gasteiger partial charge >= 0.3 is 13.8 Å². The van der Waals surface area contributed by atoms with Crippen molar-refractivity contribution in [1.29, 1.82) is 0 Å². The Kier molecular flexibility index (Phi) is 5.64. The summed E-state index contributed by atoms with van der Waals surface area (Å²) >= 11 is 0. The second kappa shape index (κ2) is 5.93. The first-order valence-electron chi connectivity index (χ1n) is 3.88. The van der Waals surface area contributed by atoms with E-state index < -0.39 is 19.9 Å². The van der Waals surface area contributed by atoms with Crippen molar-refractivity contribution >= 4 is 13.8 Å². The first kappa shape index (κ1) is 13.3. The predicted octanol–water partition coefficient (Wildman–Crippen LogP) is 0.603. The highest BCUT2D eigenvalue weighted by Crippen LogP contribution is 2.37. The zero-order valence-corrected chi connectivity index (χ0v) is 8.81. The molecule has 0 spiro atoms. The van der Waals surface area contributed by atoms with E-state index in [1.54, 1.807) is 6.92 Å². The molecule has 14 heavy (non-hydrogen) atoms. The van der Waals surface area contributed by atoms with Gasteiger partial charge in [-0.25, -0.2) is 9.36 Å². The molecule has 0 aromatic heterocycles. The van der Waals surface area contributed by atoms with E-state index in [-0.39, 0.29) is 6.61 Å². The Morgan fingerprint density at radius 2 is 2.14 bits per heavy atom. The molecule has 0 radical (unpaired) electrons. The Morgan fingerprint density at radius 3 is 2.57 bits per heavy atom. The Bertz CT molecular complexity index is 255. The number of hydrogen-bond acceptors (Lipinski definition) is 4. The third kappa shape index (κ3) is 7.94. The van der Waals surface area contributed by atoms with E-state index in [2.05, 4.69) is 9.26 Å². The largest absolute Gasteiger partial charge is 0.469 e. The van der Waals surface area contributed by atoms with Crippen LogP contribution in [0.3, 0.4) is 0 Å². The minimum atomic E-state index is -4.51. The molecule has 0 rings (SSSR count). The summed E-state index contributed by atoms with van der Waals surface area (Å²) in [5.41, 5.74) is 0. The van der Waals surface area contributed by atoms with Crippen molar-refractivity contribution in [3.05, 3.63) is 12.2 Å². The third-order valence-electron chi connectivity index (χ3n) is 1.08. The molecule has 0 aliphatic rings. The minimum absolute atomic E-state index is 0.200. The molecular weight excluding hydrogens is 211 g/mol. The molecule has 1 atom stereocenters. The van der Waals surface area contributed by atoms with E-state index in [1.807, 2.05) is 0 Å². The lowest BCUT2D eigenvalue weighted by Crippen LogP contribution is -2.17. The van der Waals surface area contributed by atoms with Crippen LogP contribution in [0.25, 0.3) is 0 Å². The van der Waals surface area contributed by atoms with Crippen LogP contribution in [0, 0.1) is 0 Å². The Hall–Kier alpha value is -0.680. The summed E-state index contributed by atoms with van der Waals surface area (Å²) in [4.78, 5) is 27.5. The lowest BCUT2D eigenvalue weighted by atomic mass is 10.4. The van der Waals surface area contributed by atoms with Crippen LogP contribution in [0.5, 0.6) is 0 Å². The number of phosphoric ester groups is 1. The number of esters is 1. The van der Waals surface area contributed by atoms with Crippen LogP contribution in [-0.4, -0.2) is 28.5 Å². The molecule has 0 aromatic rings. The number of phosphoric acid groups is 1. The Balaban J connectivity index is 3.80. The molecule has 0 fully saturated rings. The maximum Gasteiger partial charge on any atom is 0.469 e. The van der Waals surface area contributed by atoms with Gasteiger partial charge in [-0.15, -0.1) is 0 Å². The quantitative estimate of drug-likeness (QED) is 0.403. The summed E-state index contributed by atoms with van der Waals surface area (Å²) in [6, 6.07) is 0. The van der Waals surface area contributed by atoms with E-state index in [4.69, 9.17) is 9.79 Å². The van der Waals surface area contributed by atoms with Crippen LogP contribution in [0.4, 0.5) is 0 Å². The smallest absolute Gasteiger partial charge is 0.460 e. The average Bonchev–Trinajstić information content (AvgIpc) is 1.98. The van der Waals surface area contributed by atoms with E-state index in [0.29, 0.717) is 0 Å². The SMILES string of the molecule is CC=CC(=O)OCC(C)OP(=O)(O)O. The number of carbonyl (C=O) groups excluding carboxylic acids is 1. The highest BCUT2D eigenvalue weighted by atomic mass is 31.2. The van der Waals surface area contributed by atoms with Gasteiger partial charge in [-0.3, -0.25) is 4.52 Å². The molecule has 2 N–H and O–H groups in total. The number of allylic oxidation sites excluding steroid dienone is 1. The van der Waals surface area contributed by atoms with Gasteiger partial charge in [0.05, 0.1) is 0 Å². The highest BCUT2D eigenvalue weighted by Gasteiger charge is 2.19. The van der Waals surface area contributed by atoms with E-state index >= 15 is 0 Å². The highest BCUT2D eigenvalue weighted by molar-refractivity contribution is 7.46. The molecule has 0 bridgehead atoms. The van der Waals surface area contributed by atoms with Gasteiger partial charge in [0.15, 0.2) is 0 Å². The second-order valence-corrected chi connectivity index (χ2v) is 3.73. The third-order valence-corrected chi connectivity index (χ3v) is 1.71. The number of ether oxygens (including phenoxy) is 1. The normalized spacial score (nSPS) is 14.3. The van der Waals surface area contributed by atoms with Gasteiger partial charge in [-0.05, 0) is 13.8 Å². The van der Waals surface area contributed by atoms with Crippen molar-refractivity contribution < 1.29 is 28.4 Å². The van der Waals surface area contributed by atoms with E-state index in [9.17, 15) is 9.36 Å². The molecule has 0 aliphatic carbocycles. The molecule has 0 heterocycles. The van der Waals surface area contributed by atoms with Gasteiger partial charge < -0.3 is 14.5 Å².